The predicted octanol–water partition coefficient (Wildman–Crippen LogP) is 2.69. The number of hydrogen-bond donors (Lipinski definition) is 2. The molecule has 1 heterocycles. The number of carbonyl (C=O) groups is 2. The van der Waals surface area contributed by atoms with Crippen LogP contribution in [0.25, 0.3) is 11.0 Å². The average Bonchev–Trinajstić information content (AvgIpc) is 3.56. The molecule has 2 N–H and O–H groups in total. The summed E-state index contributed by atoms with van der Waals surface area (Å²) in [4.78, 5) is 34.5. The van der Waals surface area contributed by atoms with Gasteiger partial charge in [-0.25, -0.2) is 4.98 Å². The molecular formula is C24H28N4O4. The zero-order valence-corrected chi connectivity index (χ0v) is 18.2. The number of nitrogens with zero attached hydrogens (tertiary/aromatic N) is 2. The molecule has 168 valence electrons. The number of H-pyrrole nitrogens is 1. The summed E-state index contributed by atoms with van der Waals surface area (Å²) in [5.41, 5.74) is 1.91. The van der Waals surface area contributed by atoms with Gasteiger partial charge in [-0.3, -0.25) is 9.59 Å². The maximum absolute atomic E-state index is 12.7. The first-order chi connectivity index (χ1) is 15.6. The van der Waals surface area contributed by atoms with Gasteiger partial charge in [0.15, 0.2) is 18.1 Å². The number of nitrogens with one attached hydrogen (secondary N) is 2. The van der Waals surface area contributed by atoms with Crippen LogP contribution >= 0.6 is 0 Å². The van der Waals surface area contributed by atoms with Crippen LogP contribution < -0.4 is 14.8 Å². The summed E-state index contributed by atoms with van der Waals surface area (Å²) in [7, 11) is 1.56. The van der Waals surface area contributed by atoms with E-state index in [4.69, 9.17) is 9.47 Å². The molecular weight excluding hydrogens is 408 g/mol. The quantitative estimate of drug-likeness (QED) is 0.482. The molecule has 1 aliphatic carbocycles. The smallest absolute Gasteiger partial charge is 0.260 e. The van der Waals surface area contributed by atoms with Crippen molar-refractivity contribution in [2.75, 3.05) is 26.8 Å². The number of aromatic nitrogens is 2. The number of rotatable bonds is 11. The summed E-state index contributed by atoms with van der Waals surface area (Å²) >= 11 is 0. The molecule has 2 amide bonds. The molecule has 8 heteroatoms. The van der Waals surface area contributed by atoms with Gasteiger partial charge in [-0.05, 0) is 37.1 Å². The van der Waals surface area contributed by atoms with Gasteiger partial charge in [0.25, 0.3) is 5.91 Å². The minimum absolute atomic E-state index is 0.0785. The van der Waals surface area contributed by atoms with Crippen molar-refractivity contribution in [3.63, 3.8) is 0 Å². The molecule has 0 spiro atoms. The lowest BCUT2D eigenvalue weighted by atomic mass is 10.3. The molecule has 8 nitrogen and oxygen atoms in total. The second kappa shape index (κ2) is 10.2. The highest BCUT2D eigenvalue weighted by Gasteiger charge is 2.32. The number of para-hydroxylation sites is 4. The van der Waals surface area contributed by atoms with E-state index in [-0.39, 0.29) is 30.9 Å². The Labute approximate surface area is 186 Å². The molecule has 0 saturated heterocycles. The van der Waals surface area contributed by atoms with Crippen molar-refractivity contribution in [1.82, 2.24) is 20.2 Å². The lowest BCUT2D eigenvalue weighted by Crippen LogP contribution is -2.39. The van der Waals surface area contributed by atoms with Gasteiger partial charge in [-0.1, -0.05) is 24.3 Å². The summed E-state index contributed by atoms with van der Waals surface area (Å²) in [6, 6.07) is 15.3. The molecule has 1 saturated carbocycles. The monoisotopic (exact) mass is 436 g/mol. The van der Waals surface area contributed by atoms with Crippen LogP contribution in [-0.4, -0.2) is 59.5 Å². The van der Waals surface area contributed by atoms with Gasteiger partial charge in [0.1, 0.15) is 5.82 Å². The van der Waals surface area contributed by atoms with E-state index in [1.807, 2.05) is 36.4 Å². The van der Waals surface area contributed by atoms with Crippen LogP contribution in [0.15, 0.2) is 48.5 Å². The third kappa shape index (κ3) is 5.57. The van der Waals surface area contributed by atoms with Gasteiger partial charge >= 0.3 is 0 Å². The molecule has 0 aliphatic heterocycles. The third-order valence-corrected chi connectivity index (χ3v) is 5.43. The number of imidazole rings is 1. The molecule has 4 rings (SSSR count). The zero-order chi connectivity index (χ0) is 22.3. The molecule has 3 aromatic rings. The van der Waals surface area contributed by atoms with Crippen molar-refractivity contribution >= 4 is 22.8 Å². The second-order valence-corrected chi connectivity index (χ2v) is 7.81. The molecule has 32 heavy (non-hydrogen) atoms. The van der Waals surface area contributed by atoms with Crippen LogP contribution in [0.3, 0.4) is 0 Å². The first-order valence-electron chi connectivity index (χ1n) is 10.9. The molecule has 0 unspecified atom stereocenters. The van der Waals surface area contributed by atoms with E-state index in [9.17, 15) is 9.59 Å². The van der Waals surface area contributed by atoms with Gasteiger partial charge in [0, 0.05) is 32.0 Å². The van der Waals surface area contributed by atoms with Crippen molar-refractivity contribution in [1.29, 1.82) is 0 Å². The second-order valence-electron chi connectivity index (χ2n) is 7.81. The van der Waals surface area contributed by atoms with E-state index in [1.165, 1.54) is 0 Å². The Morgan fingerprint density at radius 2 is 1.88 bits per heavy atom. The van der Waals surface area contributed by atoms with Gasteiger partial charge < -0.3 is 24.7 Å². The van der Waals surface area contributed by atoms with Crippen molar-refractivity contribution in [2.24, 2.45) is 0 Å². The molecule has 0 bridgehead atoms. The Balaban J connectivity index is 1.21. The average molecular weight is 437 g/mol. The Morgan fingerprint density at radius 1 is 1.12 bits per heavy atom. The Morgan fingerprint density at radius 3 is 2.62 bits per heavy atom. The van der Waals surface area contributed by atoms with Crippen LogP contribution in [0.4, 0.5) is 0 Å². The minimum atomic E-state index is -0.117. The summed E-state index contributed by atoms with van der Waals surface area (Å²) < 4.78 is 10.9. The SMILES string of the molecule is COc1ccccc1OCC(=O)N(CCC(=O)NCCc1nc2ccccc2[nH]1)C1CC1. The summed E-state index contributed by atoms with van der Waals surface area (Å²) in [6.07, 6.45) is 2.82. The zero-order valence-electron chi connectivity index (χ0n) is 18.2. The number of hydrogen-bond acceptors (Lipinski definition) is 5. The molecule has 1 fully saturated rings. The van der Waals surface area contributed by atoms with Crippen molar-refractivity contribution in [3.8, 4) is 11.5 Å². The van der Waals surface area contributed by atoms with E-state index in [1.54, 1.807) is 24.1 Å². The van der Waals surface area contributed by atoms with Crippen LogP contribution in [0.2, 0.25) is 0 Å². The van der Waals surface area contributed by atoms with Crippen LogP contribution in [0.5, 0.6) is 11.5 Å². The Bertz CT molecular complexity index is 1040. The topological polar surface area (TPSA) is 96.6 Å². The third-order valence-electron chi connectivity index (χ3n) is 5.43. The number of fused-ring (bicyclic) bond motifs is 1. The predicted molar refractivity (Wildman–Crippen MR) is 121 cm³/mol. The van der Waals surface area contributed by atoms with Gasteiger partial charge in [0.2, 0.25) is 5.91 Å². The number of benzene rings is 2. The Hall–Kier alpha value is -3.55. The normalized spacial score (nSPS) is 13.0. The maximum Gasteiger partial charge on any atom is 0.260 e. The fourth-order valence-corrected chi connectivity index (χ4v) is 3.61. The van der Waals surface area contributed by atoms with Gasteiger partial charge in [-0.15, -0.1) is 0 Å². The largest absolute Gasteiger partial charge is 0.493 e. The molecule has 1 aromatic heterocycles. The molecule has 2 aromatic carbocycles. The number of methoxy groups -OCH3 is 1. The standard InChI is InChI=1S/C24H28N4O4/c1-31-20-8-4-5-9-21(20)32-16-24(30)28(17-10-11-17)15-13-23(29)25-14-12-22-26-18-6-2-3-7-19(18)27-22/h2-9,17H,10-16H2,1H3,(H,25,29)(H,26,27). The van der Waals surface area contributed by atoms with Crippen molar-refractivity contribution < 1.29 is 19.1 Å². The minimum Gasteiger partial charge on any atom is -0.493 e. The van der Waals surface area contributed by atoms with E-state index >= 15 is 0 Å². The van der Waals surface area contributed by atoms with Crippen LogP contribution in [0, 0.1) is 0 Å². The molecule has 0 radical (unpaired) electrons. The number of carbonyl (C=O) groups excluding carboxylic acids is 2. The summed E-state index contributed by atoms with van der Waals surface area (Å²) in [5.74, 6) is 1.76. The van der Waals surface area contributed by atoms with Crippen LogP contribution in [-0.2, 0) is 16.0 Å². The van der Waals surface area contributed by atoms with Crippen LogP contribution in [0.1, 0.15) is 25.1 Å². The van der Waals surface area contributed by atoms with Crippen molar-refractivity contribution in [2.45, 2.75) is 31.7 Å². The highest BCUT2D eigenvalue weighted by Crippen LogP contribution is 2.28. The van der Waals surface area contributed by atoms with E-state index in [2.05, 4.69) is 15.3 Å². The van der Waals surface area contributed by atoms with E-state index < -0.39 is 0 Å². The summed E-state index contributed by atoms with van der Waals surface area (Å²) in [5, 5.41) is 2.92. The van der Waals surface area contributed by atoms with Gasteiger partial charge in [0.05, 0.1) is 18.1 Å². The number of amides is 2. The first kappa shape index (κ1) is 21.7. The Kier molecular flexibility index (Phi) is 6.89. The first-order valence-corrected chi connectivity index (χ1v) is 10.9. The fraction of sp³-hybridized carbons (Fsp3) is 0.375. The highest BCUT2D eigenvalue weighted by molar-refractivity contribution is 5.80. The lowest BCUT2D eigenvalue weighted by molar-refractivity contribution is -0.134. The number of ether oxygens (including phenoxy) is 2. The van der Waals surface area contributed by atoms with E-state index in [0.29, 0.717) is 31.0 Å². The fourth-order valence-electron chi connectivity index (χ4n) is 3.61. The highest BCUT2D eigenvalue weighted by atomic mass is 16.5. The summed E-state index contributed by atoms with van der Waals surface area (Å²) in [6.45, 7) is 0.798. The maximum atomic E-state index is 12.7. The lowest BCUT2D eigenvalue weighted by Gasteiger charge is -2.22. The number of aromatic amines is 1. The van der Waals surface area contributed by atoms with Gasteiger partial charge in [-0.2, -0.15) is 0 Å². The van der Waals surface area contributed by atoms with Crippen molar-refractivity contribution in [3.05, 3.63) is 54.4 Å². The molecule has 0 atom stereocenters. The van der Waals surface area contributed by atoms with E-state index in [0.717, 1.165) is 29.7 Å². The molecule has 1 aliphatic rings.